The molecule has 2 amide bonds. The van der Waals surface area contributed by atoms with Crippen LogP contribution < -0.4 is 4.90 Å². The van der Waals surface area contributed by atoms with E-state index in [9.17, 15) is 19.5 Å². The van der Waals surface area contributed by atoms with E-state index in [2.05, 4.69) is 0 Å². The summed E-state index contributed by atoms with van der Waals surface area (Å²) in [5, 5.41) is 9.29. The van der Waals surface area contributed by atoms with Crippen LogP contribution in [0, 0.1) is 3.57 Å². The molecule has 0 radical (unpaired) electrons. The van der Waals surface area contributed by atoms with Crippen LogP contribution in [-0.2, 0) is 0 Å². The molecule has 0 fully saturated rings. The maximum atomic E-state index is 12.4. The first kappa shape index (κ1) is 13.7. The van der Waals surface area contributed by atoms with E-state index >= 15 is 0 Å². The van der Waals surface area contributed by atoms with Crippen LogP contribution in [0.3, 0.4) is 0 Å². The molecule has 0 bridgehead atoms. The average Bonchev–Trinajstić information content (AvgIpc) is 2.72. The zero-order valence-corrected chi connectivity index (χ0v) is 12.7. The minimum Gasteiger partial charge on any atom is -0.478 e. The Balaban J connectivity index is 2.18. The van der Waals surface area contributed by atoms with Crippen molar-refractivity contribution in [2.75, 3.05) is 4.90 Å². The number of carbonyl (C=O) groups excluding carboxylic acids is 2. The summed E-state index contributed by atoms with van der Waals surface area (Å²) in [6.45, 7) is 0. The monoisotopic (exact) mass is 393 g/mol. The standard InChI is InChI=1S/C15H8INO4/c16-8-5-6-12(11(7-8)15(20)21)17-13(18)9-3-1-2-4-10(9)14(17)19/h1-7H,(H,20,21). The molecule has 0 unspecified atom stereocenters. The lowest BCUT2D eigenvalue weighted by atomic mass is 10.1. The molecule has 21 heavy (non-hydrogen) atoms. The normalized spacial score (nSPS) is 13.5. The van der Waals surface area contributed by atoms with E-state index in [0.717, 1.165) is 4.90 Å². The number of aromatic carboxylic acids is 1. The lowest BCUT2D eigenvalue weighted by Crippen LogP contribution is -2.31. The summed E-state index contributed by atoms with van der Waals surface area (Å²) in [5.41, 5.74) is 0.597. The van der Waals surface area contributed by atoms with Crippen molar-refractivity contribution in [2.45, 2.75) is 0 Å². The Morgan fingerprint density at radius 1 is 1.00 bits per heavy atom. The fourth-order valence-corrected chi connectivity index (χ4v) is 2.77. The summed E-state index contributed by atoms with van der Waals surface area (Å²) < 4.78 is 0.713. The summed E-state index contributed by atoms with van der Waals surface area (Å²) >= 11 is 1.98. The summed E-state index contributed by atoms with van der Waals surface area (Å²) in [6, 6.07) is 11.0. The number of hydrogen-bond donors (Lipinski definition) is 1. The third-order valence-corrected chi connectivity index (χ3v) is 3.89. The van der Waals surface area contributed by atoms with Gasteiger partial charge in [-0.05, 0) is 52.9 Å². The Kier molecular flexibility index (Phi) is 3.25. The topological polar surface area (TPSA) is 74.7 Å². The number of anilines is 1. The number of carboxylic acids is 1. The number of hydrogen-bond acceptors (Lipinski definition) is 3. The molecule has 1 heterocycles. The molecule has 0 aromatic heterocycles. The number of fused-ring (bicyclic) bond motifs is 1. The van der Waals surface area contributed by atoms with Crippen LogP contribution in [0.15, 0.2) is 42.5 Å². The molecule has 104 valence electrons. The zero-order valence-electron chi connectivity index (χ0n) is 10.5. The van der Waals surface area contributed by atoms with Gasteiger partial charge >= 0.3 is 5.97 Å². The van der Waals surface area contributed by atoms with Crippen molar-refractivity contribution in [1.82, 2.24) is 0 Å². The van der Waals surface area contributed by atoms with Crippen LogP contribution >= 0.6 is 22.6 Å². The molecule has 1 aliphatic rings. The van der Waals surface area contributed by atoms with Crippen molar-refractivity contribution < 1.29 is 19.5 Å². The fourth-order valence-electron chi connectivity index (χ4n) is 2.28. The molecule has 1 aliphatic heterocycles. The van der Waals surface area contributed by atoms with Crippen molar-refractivity contribution in [3.05, 3.63) is 62.7 Å². The van der Waals surface area contributed by atoms with Crippen LogP contribution in [-0.4, -0.2) is 22.9 Å². The zero-order chi connectivity index (χ0) is 15.1. The smallest absolute Gasteiger partial charge is 0.337 e. The number of nitrogens with zero attached hydrogens (tertiary/aromatic N) is 1. The van der Waals surface area contributed by atoms with Crippen LogP contribution in [0.1, 0.15) is 31.1 Å². The van der Waals surface area contributed by atoms with Crippen LogP contribution in [0.5, 0.6) is 0 Å². The second kappa shape index (κ2) is 4.96. The molecule has 6 heteroatoms. The van der Waals surface area contributed by atoms with E-state index in [1.54, 1.807) is 30.3 Å². The highest BCUT2D eigenvalue weighted by atomic mass is 127. The summed E-state index contributed by atoms with van der Waals surface area (Å²) in [4.78, 5) is 37.0. The number of amides is 2. The molecule has 1 N–H and O–H groups in total. The average molecular weight is 393 g/mol. The van der Waals surface area contributed by atoms with E-state index in [1.165, 1.54) is 12.1 Å². The van der Waals surface area contributed by atoms with E-state index in [1.807, 2.05) is 22.6 Å². The number of carboxylic acid groups (broad SMARTS) is 1. The SMILES string of the molecule is O=C(O)c1cc(I)ccc1N1C(=O)c2ccccc2C1=O. The van der Waals surface area contributed by atoms with Gasteiger partial charge in [-0.25, -0.2) is 9.69 Å². The molecule has 0 atom stereocenters. The largest absolute Gasteiger partial charge is 0.478 e. The molecule has 0 aliphatic carbocycles. The van der Waals surface area contributed by atoms with Crippen molar-refractivity contribution in [1.29, 1.82) is 0 Å². The third-order valence-electron chi connectivity index (χ3n) is 3.22. The van der Waals surface area contributed by atoms with Gasteiger partial charge in [0.1, 0.15) is 0 Å². The highest BCUT2D eigenvalue weighted by Gasteiger charge is 2.38. The van der Waals surface area contributed by atoms with Gasteiger partial charge in [0.2, 0.25) is 0 Å². The molecule has 2 aromatic carbocycles. The minimum atomic E-state index is -1.18. The maximum Gasteiger partial charge on any atom is 0.337 e. The van der Waals surface area contributed by atoms with Gasteiger partial charge < -0.3 is 5.11 Å². The molecule has 2 aromatic rings. The van der Waals surface area contributed by atoms with Crippen LogP contribution in [0.4, 0.5) is 5.69 Å². The van der Waals surface area contributed by atoms with E-state index in [0.29, 0.717) is 3.57 Å². The predicted octanol–water partition coefficient (Wildman–Crippen LogP) is 2.79. The lowest BCUT2D eigenvalue weighted by Gasteiger charge is -2.16. The van der Waals surface area contributed by atoms with Gasteiger partial charge in [0.05, 0.1) is 22.4 Å². The Hall–Kier alpha value is -2.22. The van der Waals surface area contributed by atoms with Crippen molar-refractivity contribution in [3.8, 4) is 0 Å². The highest BCUT2D eigenvalue weighted by molar-refractivity contribution is 14.1. The Labute approximate surface area is 133 Å². The van der Waals surface area contributed by atoms with Crippen molar-refractivity contribution >= 4 is 46.1 Å². The van der Waals surface area contributed by atoms with Gasteiger partial charge in [-0.2, -0.15) is 0 Å². The van der Waals surface area contributed by atoms with Crippen LogP contribution in [0.25, 0.3) is 0 Å². The minimum absolute atomic E-state index is 0.0728. The van der Waals surface area contributed by atoms with Crippen molar-refractivity contribution in [3.63, 3.8) is 0 Å². The van der Waals surface area contributed by atoms with E-state index in [4.69, 9.17) is 0 Å². The first-order valence-electron chi connectivity index (χ1n) is 6.01. The second-order valence-corrected chi connectivity index (χ2v) is 5.70. The van der Waals surface area contributed by atoms with Crippen LogP contribution in [0.2, 0.25) is 0 Å². The van der Waals surface area contributed by atoms with E-state index < -0.39 is 17.8 Å². The first-order valence-corrected chi connectivity index (χ1v) is 7.09. The number of benzene rings is 2. The fraction of sp³-hybridized carbons (Fsp3) is 0. The number of halogens is 1. The molecule has 0 spiro atoms. The van der Waals surface area contributed by atoms with Gasteiger partial charge in [0, 0.05) is 3.57 Å². The summed E-state index contributed by atoms with van der Waals surface area (Å²) in [7, 11) is 0. The Morgan fingerprint density at radius 3 is 2.10 bits per heavy atom. The first-order chi connectivity index (χ1) is 10.0. The second-order valence-electron chi connectivity index (χ2n) is 4.46. The summed E-state index contributed by atoms with van der Waals surface area (Å²) in [5.74, 6) is -2.18. The maximum absolute atomic E-state index is 12.4. The molecule has 5 nitrogen and oxygen atoms in total. The third kappa shape index (κ3) is 2.11. The quantitative estimate of drug-likeness (QED) is 0.629. The molecule has 0 saturated heterocycles. The Bertz CT molecular complexity index is 765. The molecular formula is C15H8INO4. The molecular weight excluding hydrogens is 385 g/mol. The number of carbonyl (C=O) groups is 3. The highest BCUT2D eigenvalue weighted by Crippen LogP contribution is 2.31. The summed E-state index contributed by atoms with van der Waals surface area (Å²) in [6.07, 6.45) is 0. The predicted molar refractivity (Wildman–Crippen MR) is 83.7 cm³/mol. The van der Waals surface area contributed by atoms with E-state index in [-0.39, 0.29) is 22.4 Å². The number of rotatable bonds is 2. The molecule has 0 saturated carbocycles. The number of imide groups is 1. The van der Waals surface area contributed by atoms with Gasteiger partial charge in [-0.1, -0.05) is 12.1 Å². The van der Waals surface area contributed by atoms with Crippen molar-refractivity contribution in [2.24, 2.45) is 0 Å². The van der Waals surface area contributed by atoms with Gasteiger partial charge in [-0.3, -0.25) is 9.59 Å². The van der Waals surface area contributed by atoms with Gasteiger partial charge in [0.15, 0.2) is 0 Å². The molecule has 3 rings (SSSR count). The van der Waals surface area contributed by atoms with Gasteiger partial charge in [-0.15, -0.1) is 0 Å². The Morgan fingerprint density at radius 2 is 1.57 bits per heavy atom. The lowest BCUT2D eigenvalue weighted by molar-refractivity contribution is 0.0698. The van der Waals surface area contributed by atoms with Gasteiger partial charge in [0.25, 0.3) is 11.8 Å².